The number of amides is 2. The second-order valence-electron chi connectivity index (χ2n) is 4.75. The zero-order valence-corrected chi connectivity index (χ0v) is 13.5. The maximum absolute atomic E-state index is 12.2. The Morgan fingerprint density at radius 1 is 0.957 bits per heavy atom. The van der Waals surface area contributed by atoms with Crippen LogP contribution in [-0.2, 0) is 0 Å². The Hall–Kier alpha value is -2.69. The number of carbonyl (C=O) groups is 1. The molecule has 2 amide bonds. The van der Waals surface area contributed by atoms with Gasteiger partial charge in [0.25, 0.3) is 0 Å². The topological polar surface area (TPSA) is 50.8 Å². The molecule has 0 aliphatic heterocycles. The molecule has 5 heteroatoms. The number of ether oxygens (including phenoxy) is 2. The normalized spacial score (nSPS) is 10.0. The number of urea groups is 1. The molecule has 5 nitrogen and oxygen atoms in total. The number of hydrogen-bond acceptors (Lipinski definition) is 3. The van der Waals surface area contributed by atoms with E-state index in [0.717, 1.165) is 11.4 Å². The summed E-state index contributed by atoms with van der Waals surface area (Å²) >= 11 is 0. The molecular weight excluding hydrogens is 292 g/mol. The van der Waals surface area contributed by atoms with Crippen molar-refractivity contribution in [1.82, 2.24) is 5.32 Å². The third kappa shape index (κ3) is 4.92. The number of nitrogens with zero attached hydrogens (tertiary/aromatic N) is 1. The van der Waals surface area contributed by atoms with Crippen LogP contribution in [0.1, 0.15) is 13.8 Å². The van der Waals surface area contributed by atoms with Crippen LogP contribution in [0.15, 0.2) is 54.6 Å². The van der Waals surface area contributed by atoms with Gasteiger partial charge in [-0.3, -0.25) is 4.90 Å². The van der Waals surface area contributed by atoms with Gasteiger partial charge in [-0.2, -0.15) is 0 Å². The number of rotatable bonds is 7. The van der Waals surface area contributed by atoms with Gasteiger partial charge in [0, 0.05) is 12.2 Å². The average Bonchev–Trinajstić information content (AvgIpc) is 2.58. The van der Waals surface area contributed by atoms with Crippen LogP contribution in [0.3, 0.4) is 0 Å². The average molecular weight is 314 g/mol. The second-order valence-corrected chi connectivity index (χ2v) is 4.75. The van der Waals surface area contributed by atoms with E-state index in [0.29, 0.717) is 18.9 Å². The number of nitrogens with one attached hydrogen (secondary N) is 1. The van der Waals surface area contributed by atoms with Crippen LogP contribution in [0.5, 0.6) is 11.5 Å². The Kier molecular flexibility index (Phi) is 6.29. The first kappa shape index (κ1) is 16.7. The summed E-state index contributed by atoms with van der Waals surface area (Å²) in [5.74, 6) is 1.47. The summed E-state index contributed by atoms with van der Waals surface area (Å²) in [6.07, 6.45) is 0. The number of benzene rings is 2. The van der Waals surface area contributed by atoms with Crippen molar-refractivity contribution in [3.8, 4) is 11.5 Å². The van der Waals surface area contributed by atoms with Gasteiger partial charge >= 0.3 is 6.03 Å². The highest BCUT2D eigenvalue weighted by atomic mass is 16.5. The third-order valence-corrected chi connectivity index (χ3v) is 3.23. The number of carbonyl (C=O) groups excluding carboxylic acids is 1. The van der Waals surface area contributed by atoms with E-state index in [1.54, 1.807) is 4.90 Å². The van der Waals surface area contributed by atoms with E-state index in [-0.39, 0.29) is 12.8 Å². The Labute approximate surface area is 136 Å². The fourth-order valence-electron chi connectivity index (χ4n) is 2.13. The molecule has 0 heterocycles. The third-order valence-electron chi connectivity index (χ3n) is 3.23. The number of para-hydroxylation sites is 1. The highest BCUT2D eigenvalue weighted by Crippen LogP contribution is 2.17. The van der Waals surface area contributed by atoms with Crippen LogP contribution in [0.2, 0.25) is 0 Å². The highest BCUT2D eigenvalue weighted by molar-refractivity contribution is 5.91. The Morgan fingerprint density at radius 2 is 1.57 bits per heavy atom. The maximum Gasteiger partial charge on any atom is 0.324 e. The van der Waals surface area contributed by atoms with E-state index in [1.807, 2.05) is 68.4 Å². The standard InChI is InChI=1S/C18H22N2O3/c1-3-20(15-8-6-5-7-9-15)18(21)19-14-23-17-12-10-16(11-13-17)22-4-2/h5-13H,3-4,14H2,1-2H3,(H,19,21). The van der Waals surface area contributed by atoms with E-state index in [4.69, 9.17) is 9.47 Å². The summed E-state index contributed by atoms with van der Waals surface area (Å²) in [4.78, 5) is 13.9. The van der Waals surface area contributed by atoms with Gasteiger partial charge in [-0.15, -0.1) is 0 Å². The minimum atomic E-state index is -0.190. The maximum atomic E-state index is 12.2. The van der Waals surface area contributed by atoms with E-state index in [1.165, 1.54) is 0 Å². The van der Waals surface area contributed by atoms with Gasteiger partial charge < -0.3 is 14.8 Å². The van der Waals surface area contributed by atoms with E-state index in [2.05, 4.69) is 5.32 Å². The smallest absolute Gasteiger partial charge is 0.324 e. The molecule has 122 valence electrons. The van der Waals surface area contributed by atoms with E-state index < -0.39 is 0 Å². The Bertz CT molecular complexity index is 599. The fourth-order valence-corrected chi connectivity index (χ4v) is 2.13. The van der Waals surface area contributed by atoms with Crippen molar-refractivity contribution >= 4 is 11.7 Å². The summed E-state index contributed by atoms with van der Waals surface area (Å²) in [5.41, 5.74) is 0.855. The molecule has 2 aromatic carbocycles. The van der Waals surface area contributed by atoms with Crippen molar-refractivity contribution in [3.05, 3.63) is 54.6 Å². The van der Waals surface area contributed by atoms with Crippen molar-refractivity contribution in [2.24, 2.45) is 0 Å². The number of hydrogen-bond donors (Lipinski definition) is 1. The fraction of sp³-hybridized carbons (Fsp3) is 0.278. The van der Waals surface area contributed by atoms with Crippen molar-refractivity contribution in [3.63, 3.8) is 0 Å². The molecule has 2 rings (SSSR count). The minimum Gasteiger partial charge on any atom is -0.494 e. The molecule has 0 aliphatic rings. The molecule has 0 radical (unpaired) electrons. The van der Waals surface area contributed by atoms with Crippen LogP contribution in [0, 0.1) is 0 Å². The largest absolute Gasteiger partial charge is 0.494 e. The number of anilines is 1. The first-order valence-corrected chi connectivity index (χ1v) is 7.70. The first-order chi connectivity index (χ1) is 11.2. The minimum absolute atomic E-state index is 0.107. The van der Waals surface area contributed by atoms with Crippen molar-refractivity contribution in [1.29, 1.82) is 0 Å². The van der Waals surface area contributed by atoms with Crippen LogP contribution in [0.25, 0.3) is 0 Å². The van der Waals surface area contributed by atoms with Crippen molar-refractivity contribution in [2.75, 3.05) is 24.8 Å². The van der Waals surface area contributed by atoms with Crippen LogP contribution >= 0.6 is 0 Å². The van der Waals surface area contributed by atoms with Gasteiger partial charge in [-0.05, 0) is 50.2 Å². The molecule has 0 fully saturated rings. The van der Waals surface area contributed by atoms with Crippen LogP contribution in [-0.4, -0.2) is 25.9 Å². The summed E-state index contributed by atoms with van der Waals surface area (Å²) in [6.45, 7) is 5.18. The zero-order valence-electron chi connectivity index (χ0n) is 13.5. The predicted octanol–water partition coefficient (Wildman–Crippen LogP) is 3.66. The van der Waals surface area contributed by atoms with Gasteiger partial charge in [0.05, 0.1) is 6.61 Å². The summed E-state index contributed by atoms with van der Waals surface area (Å²) < 4.78 is 10.9. The van der Waals surface area contributed by atoms with Gasteiger partial charge in [-0.1, -0.05) is 18.2 Å². The molecule has 2 aromatic rings. The Morgan fingerprint density at radius 3 is 2.13 bits per heavy atom. The lowest BCUT2D eigenvalue weighted by Gasteiger charge is -2.21. The molecule has 0 bridgehead atoms. The van der Waals surface area contributed by atoms with Crippen LogP contribution in [0.4, 0.5) is 10.5 Å². The molecule has 23 heavy (non-hydrogen) atoms. The van der Waals surface area contributed by atoms with Crippen molar-refractivity contribution in [2.45, 2.75) is 13.8 Å². The summed E-state index contributed by atoms with van der Waals surface area (Å²) in [7, 11) is 0. The molecule has 0 unspecified atom stereocenters. The lowest BCUT2D eigenvalue weighted by molar-refractivity contribution is 0.229. The summed E-state index contributed by atoms with van der Waals surface area (Å²) in [5, 5.41) is 2.75. The highest BCUT2D eigenvalue weighted by Gasteiger charge is 2.12. The van der Waals surface area contributed by atoms with Crippen molar-refractivity contribution < 1.29 is 14.3 Å². The molecule has 0 aliphatic carbocycles. The molecular formula is C18H22N2O3. The van der Waals surface area contributed by atoms with Gasteiger partial charge in [-0.25, -0.2) is 4.79 Å². The van der Waals surface area contributed by atoms with Gasteiger partial charge in [0.15, 0.2) is 6.73 Å². The predicted molar refractivity (Wildman–Crippen MR) is 91.1 cm³/mol. The van der Waals surface area contributed by atoms with Gasteiger partial charge in [0.2, 0.25) is 0 Å². The lowest BCUT2D eigenvalue weighted by Crippen LogP contribution is -2.41. The second kappa shape index (κ2) is 8.68. The van der Waals surface area contributed by atoms with E-state index in [9.17, 15) is 4.79 Å². The molecule has 0 saturated carbocycles. The summed E-state index contributed by atoms with van der Waals surface area (Å²) in [6, 6.07) is 16.6. The molecule has 0 aromatic heterocycles. The molecule has 0 spiro atoms. The van der Waals surface area contributed by atoms with E-state index >= 15 is 0 Å². The monoisotopic (exact) mass is 314 g/mol. The molecule has 0 atom stereocenters. The lowest BCUT2D eigenvalue weighted by atomic mass is 10.3. The molecule has 1 N–H and O–H groups in total. The zero-order chi connectivity index (χ0) is 16.5. The SMILES string of the molecule is CCOc1ccc(OCNC(=O)N(CC)c2ccccc2)cc1. The first-order valence-electron chi connectivity index (χ1n) is 7.70. The molecule has 0 saturated heterocycles. The van der Waals surface area contributed by atoms with Gasteiger partial charge in [0.1, 0.15) is 11.5 Å². The van der Waals surface area contributed by atoms with Crippen LogP contribution < -0.4 is 19.7 Å². The Balaban J connectivity index is 1.84. The quantitative estimate of drug-likeness (QED) is 0.794.